The summed E-state index contributed by atoms with van der Waals surface area (Å²) in [7, 11) is 1.53. The van der Waals surface area contributed by atoms with Crippen molar-refractivity contribution in [2.45, 2.75) is 19.6 Å². The van der Waals surface area contributed by atoms with E-state index in [1.165, 1.54) is 13.2 Å². The Hall–Kier alpha value is -2.33. The Bertz CT molecular complexity index is 653. The fourth-order valence-corrected chi connectivity index (χ4v) is 2.20. The van der Waals surface area contributed by atoms with Crippen LogP contribution in [0.25, 0.3) is 0 Å². The van der Waals surface area contributed by atoms with Crippen LogP contribution in [0.15, 0.2) is 49.1 Å². The molecule has 2 rings (SSSR count). The Morgan fingerprint density at radius 3 is 2.64 bits per heavy atom. The maximum Gasteiger partial charge on any atom is 0.165 e. The number of hydrogen-bond donors (Lipinski definition) is 1. The summed E-state index contributed by atoms with van der Waals surface area (Å²) < 4.78 is 24.8. The summed E-state index contributed by atoms with van der Waals surface area (Å²) in [4.78, 5) is 0. The second-order valence-corrected chi connectivity index (χ2v) is 4.82. The molecule has 22 heavy (non-hydrogen) atoms. The summed E-state index contributed by atoms with van der Waals surface area (Å²) in [5, 5.41) is 9.31. The van der Waals surface area contributed by atoms with Gasteiger partial charge in [0.1, 0.15) is 12.4 Å². The van der Waals surface area contributed by atoms with Crippen molar-refractivity contribution in [3.05, 3.63) is 71.6 Å². The first-order valence-corrected chi connectivity index (χ1v) is 6.97. The van der Waals surface area contributed by atoms with Crippen molar-refractivity contribution in [1.29, 1.82) is 0 Å². The van der Waals surface area contributed by atoms with E-state index in [-0.39, 0.29) is 19.0 Å². The van der Waals surface area contributed by atoms with Crippen LogP contribution in [0, 0.1) is 5.82 Å². The zero-order valence-corrected chi connectivity index (χ0v) is 12.5. The Labute approximate surface area is 129 Å². The van der Waals surface area contributed by atoms with Gasteiger partial charge >= 0.3 is 0 Å². The zero-order valence-electron chi connectivity index (χ0n) is 12.5. The van der Waals surface area contributed by atoms with Gasteiger partial charge in [0.2, 0.25) is 0 Å². The third kappa shape index (κ3) is 3.65. The Morgan fingerprint density at radius 2 is 2.00 bits per heavy atom. The van der Waals surface area contributed by atoms with Crippen LogP contribution < -0.4 is 9.47 Å². The van der Waals surface area contributed by atoms with Crippen LogP contribution in [-0.4, -0.2) is 12.2 Å². The minimum absolute atomic E-state index is 0.0892. The molecule has 2 aromatic carbocycles. The molecular formula is C18H19FO3. The van der Waals surface area contributed by atoms with E-state index in [2.05, 4.69) is 6.58 Å². The SMILES string of the molecule is C=CCc1cc(CO)cc(OC)c1OCc1ccccc1F. The Morgan fingerprint density at radius 1 is 1.23 bits per heavy atom. The van der Waals surface area contributed by atoms with Gasteiger partial charge < -0.3 is 14.6 Å². The van der Waals surface area contributed by atoms with Gasteiger partial charge in [-0.3, -0.25) is 0 Å². The van der Waals surface area contributed by atoms with E-state index in [9.17, 15) is 9.50 Å². The van der Waals surface area contributed by atoms with E-state index in [0.717, 1.165) is 11.1 Å². The zero-order chi connectivity index (χ0) is 15.9. The molecule has 0 aliphatic heterocycles. The van der Waals surface area contributed by atoms with Crippen molar-refractivity contribution >= 4 is 0 Å². The second-order valence-electron chi connectivity index (χ2n) is 4.82. The standard InChI is InChI=1S/C18H19FO3/c1-3-6-14-9-13(11-20)10-17(21-2)18(14)22-12-15-7-4-5-8-16(15)19/h3-5,7-10,20H,1,6,11-12H2,2H3. The molecule has 0 saturated carbocycles. The highest BCUT2D eigenvalue weighted by molar-refractivity contribution is 5.50. The molecule has 0 amide bonds. The second kappa shape index (κ2) is 7.61. The summed E-state index contributed by atoms with van der Waals surface area (Å²) in [6, 6.07) is 10.0. The predicted molar refractivity (Wildman–Crippen MR) is 83.5 cm³/mol. The van der Waals surface area contributed by atoms with E-state index in [4.69, 9.17) is 9.47 Å². The highest BCUT2D eigenvalue weighted by Crippen LogP contribution is 2.34. The van der Waals surface area contributed by atoms with Crippen LogP contribution in [0.1, 0.15) is 16.7 Å². The summed E-state index contributed by atoms with van der Waals surface area (Å²) in [5.41, 5.74) is 2.04. The minimum Gasteiger partial charge on any atom is -0.493 e. The van der Waals surface area contributed by atoms with Crippen LogP contribution in [0.5, 0.6) is 11.5 Å². The molecule has 1 N–H and O–H groups in total. The number of halogens is 1. The normalized spacial score (nSPS) is 10.3. The number of aliphatic hydroxyl groups is 1. The van der Waals surface area contributed by atoms with Crippen molar-refractivity contribution in [3.8, 4) is 11.5 Å². The van der Waals surface area contributed by atoms with E-state index in [1.807, 2.05) is 6.07 Å². The quantitative estimate of drug-likeness (QED) is 0.794. The van der Waals surface area contributed by atoms with Crippen LogP contribution in [-0.2, 0) is 19.6 Å². The average molecular weight is 302 g/mol. The van der Waals surface area contributed by atoms with Gasteiger partial charge in [-0.1, -0.05) is 24.3 Å². The van der Waals surface area contributed by atoms with Crippen molar-refractivity contribution < 1.29 is 19.0 Å². The van der Waals surface area contributed by atoms with E-state index in [0.29, 0.717) is 23.5 Å². The number of allylic oxidation sites excluding steroid dienone is 1. The maximum absolute atomic E-state index is 13.7. The van der Waals surface area contributed by atoms with Gasteiger partial charge in [-0.2, -0.15) is 0 Å². The van der Waals surface area contributed by atoms with Gasteiger partial charge in [-0.25, -0.2) is 4.39 Å². The maximum atomic E-state index is 13.7. The lowest BCUT2D eigenvalue weighted by Gasteiger charge is -2.16. The third-order valence-electron chi connectivity index (χ3n) is 3.29. The molecule has 0 radical (unpaired) electrons. The monoisotopic (exact) mass is 302 g/mol. The Balaban J connectivity index is 2.32. The fourth-order valence-electron chi connectivity index (χ4n) is 2.20. The molecule has 0 atom stereocenters. The molecule has 3 nitrogen and oxygen atoms in total. The van der Waals surface area contributed by atoms with E-state index >= 15 is 0 Å². The van der Waals surface area contributed by atoms with Crippen LogP contribution in [0.3, 0.4) is 0 Å². The first-order chi connectivity index (χ1) is 10.7. The molecule has 0 unspecified atom stereocenters. The molecular weight excluding hydrogens is 283 g/mol. The van der Waals surface area contributed by atoms with Crippen LogP contribution >= 0.6 is 0 Å². The third-order valence-corrected chi connectivity index (χ3v) is 3.29. The lowest BCUT2D eigenvalue weighted by Crippen LogP contribution is -2.03. The van der Waals surface area contributed by atoms with Gasteiger partial charge in [0.25, 0.3) is 0 Å². The van der Waals surface area contributed by atoms with Gasteiger partial charge in [0.15, 0.2) is 11.5 Å². The predicted octanol–water partition coefficient (Wildman–Crippen LogP) is 3.63. The summed E-state index contributed by atoms with van der Waals surface area (Å²) in [5.74, 6) is 0.751. The number of hydrogen-bond acceptors (Lipinski definition) is 3. The highest BCUT2D eigenvalue weighted by atomic mass is 19.1. The largest absolute Gasteiger partial charge is 0.493 e. The number of benzene rings is 2. The number of aliphatic hydroxyl groups excluding tert-OH is 1. The van der Waals surface area contributed by atoms with Gasteiger partial charge in [0.05, 0.1) is 13.7 Å². The van der Waals surface area contributed by atoms with Gasteiger partial charge in [0, 0.05) is 11.1 Å². The fraction of sp³-hybridized carbons (Fsp3) is 0.222. The number of rotatable bonds is 7. The van der Waals surface area contributed by atoms with Crippen molar-refractivity contribution in [2.75, 3.05) is 7.11 Å². The molecule has 2 aromatic rings. The van der Waals surface area contributed by atoms with Crippen molar-refractivity contribution in [1.82, 2.24) is 0 Å². The minimum atomic E-state index is -0.307. The number of methoxy groups -OCH3 is 1. The Kier molecular flexibility index (Phi) is 5.55. The van der Waals surface area contributed by atoms with Crippen LogP contribution in [0.2, 0.25) is 0 Å². The number of ether oxygens (including phenoxy) is 2. The summed E-state index contributed by atoms with van der Waals surface area (Å²) >= 11 is 0. The molecule has 0 bridgehead atoms. The molecule has 0 spiro atoms. The van der Waals surface area contributed by atoms with Gasteiger partial charge in [-0.05, 0) is 30.2 Å². The lowest BCUT2D eigenvalue weighted by molar-refractivity contribution is 0.270. The topological polar surface area (TPSA) is 38.7 Å². The molecule has 0 aliphatic rings. The van der Waals surface area contributed by atoms with Crippen molar-refractivity contribution in [3.63, 3.8) is 0 Å². The van der Waals surface area contributed by atoms with Crippen molar-refractivity contribution in [2.24, 2.45) is 0 Å². The molecule has 0 saturated heterocycles. The first kappa shape index (κ1) is 16.0. The molecule has 0 fully saturated rings. The molecule has 0 aromatic heterocycles. The van der Waals surface area contributed by atoms with E-state index in [1.54, 1.807) is 30.3 Å². The molecule has 0 aliphatic carbocycles. The highest BCUT2D eigenvalue weighted by Gasteiger charge is 2.13. The van der Waals surface area contributed by atoms with Gasteiger partial charge in [-0.15, -0.1) is 6.58 Å². The van der Waals surface area contributed by atoms with E-state index < -0.39 is 0 Å². The van der Waals surface area contributed by atoms with Crippen LogP contribution in [0.4, 0.5) is 4.39 Å². The molecule has 116 valence electrons. The molecule has 4 heteroatoms. The lowest BCUT2D eigenvalue weighted by atomic mass is 10.1. The summed E-state index contributed by atoms with van der Waals surface area (Å²) in [6.45, 7) is 3.74. The summed E-state index contributed by atoms with van der Waals surface area (Å²) in [6.07, 6.45) is 2.31. The average Bonchev–Trinajstić information content (AvgIpc) is 2.54. The molecule has 0 heterocycles. The smallest absolute Gasteiger partial charge is 0.165 e. The first-order valence-electron chi connectivity index (χ1n) is 6.97.